The Labute approximate surface area is 164 Å². The second-order valence-corrected chi connectivity index (χ2v) is 7.00. The van der Waals surface area contributed by atoms with Crippen LogP contribution in [0.5, 0.6) is 5.75 Å². The summed E-state index contributed by atoms with van der Waals surface area (Å²) < 4.78 is 5.63. The van der Waals surface area contributed by atoms with Crippen molar-refractivity contribution in [1.29, 1.82) is 0 Å². The van der Waals surface area contributed by atoms with Crippen molar-refractivity contribution in [2.75, 3.05) is 44.2 Å². The van der Waals surface area contributed by atoms with E-state index in [2.05, 4.69) is 15.9 Å². The summed E-state index contributed by atoms with van der Waals surface area (Å²) in [5, 5.41) is 11.0. The van der Waals surface area contributed by atoms with Crippen LogP contribution in [0.2, 0.25) is 5.02 Å². The maximum absolute atomic E-state index is 10.3. The van der Waals surface area contributed by atoms with Gasteiger partial charge in [-0.3, -0.25) is 4.90 Å². The van der Waals surface area contributed by atoms with Crippen molar-refractivity contribution in [3.8, 4) is 5.75 Å². The van der Waals surface area contributed by atoms with Crippen molar-refractivity contribution in [3.05, 3.63) is 59.1 Å². The molecular weight excluding hydrogens is 364 g/mol. The largest absolute Gasteiger partial charge is 0.491 e. The summed E-state index contributed by atoms with van der Waals surface area (Å²) >= 11 is 6.07. The number of aliphatic hydroxyl groups is 1. The van der Waals surface area contributed by atoms with E-state index in [-0.39, 0.29) is 6.61 Å². The first-order valence-electron chi connectivity index (χ1n) is 8.99. The maximum atomic E-state index is 10.3. The number of halogens is 1. The Morgan fingerprint density at radius 1 is 1.15 bits per heavy atom. The van der Waals surface area contributed by atoms with Crippen LogP contribution < -0.4 is 9.64 Å². The first-order valence-corrected chi connectivity index (χ1v) is 9.36. The molecule has 0 radical (unpaired) electrons. The number of hydrogen-bond acceptors (Lipinski definition) is 5. The molecule has 1 fully saturated rings. The summed E-state index contributed by atoms with van der Waals surface area (Å²) in [5.74, 6) is 2.41. The second kappa shape index (κ2) is 9.58. The molecule has 5 nitrogen and oxygen atoms in total. The quantitative estimate of drug-likeness (QED) is 0.741. The van der Waals surface area contributed by atoms with Crippen molar-refractivity contribution >= 4 is 29.3 Å². The average molecular weight is 387 g/mol. The zero-order valence-electron chi connectivity index (χ0n) is 15.1. The van der Waals surface area contributed by atoms with Crippen LogP contribution in [0.1, 0.15) is 5.56 Å². The number of anilines is 1. The van der Waals surface area contributed by atoms with Gasteiger partial charge in [0.1, 0.15) is 24.4 Å². The Balaban J connectivity index is 1.41. The normalized spacial score (nSPS) is 15.9. The average Bonchev–Trinajstić information content (AvgIpc) is 2.68. The van der Waals surface area contributed by atoms with Gasteiger partial charge in [0.2, 0.25) is 0 Å². The molecule has 27 heavy (non-hydrogen) atoms. The van der Waals surface area contributed by atoms with E-state index < -0.39 is 6.10 Å². The minimum absolute atomic E-state index is 0.234. The van der Waals surface area contributed by atoms with Crippen LogP contribution >= 0.6 is 11.6 Å². The lowest BCUT2D eigenvalue weighted by Gasteiger charge is -2.36. The fourth-order valence-electron chi connectivity index (χ4n) is 3.13. The van der Waals surface area contributed by atoms with Crippen molar-refractivity contribution in [1.82, 2.24) is 4.90 Å². The highest BCUT2D eigenvalue weighted by molar-refractivity contribution is 6.30. The van der Waals surface area contributed by atoms with Gasteiger partial charge in [0.05, 0.1) is 0 Å². The molecule has 1 aliphatic heterocycles. The van der Waals surface area contributed by atoms with Gasteiger partial charge in [-0.1, -0.05) is 29.8 Å². The molecule has 1 unspecified atom stereocenters. The molecule has 2 aromatic rings. The van der Waals surface area contributed by atoms with Gasteiger partial charge >= 0.3 is 0 Å². The van der Waals surface area contributed by atoms with E-state index in [1.165, 1.54) is 6.08 Å². The number of piperazine rings is 1. The van der Waals surface area contributed by atoms with Crippen molar-refractivity contribution in [2.24, 2.45) is 0 Å². The summed E-state index contributed by atoms with van der Waals surface area (Å²) in [6.45, 7) is 4.39. The molecule has 1 aliphatic rings. The van der Waals surface area contributed by atoms with Crippen LogP contribution in [0, 0.1) is 0 Å². The molecule has 0 bridgehead atoms. The topological polar surface area (TPSA) is 53.0 Å². The highest BCUT2D eigenvalue weighted by Crippen LogP contribution is 2.21. The number of β-amino-alcohol motifs (C(OH)–C–C–N with tert-alkyl or cyclic N) is 1. The van der Waals surface area contributed by atoms with E-state index in [9.17, 15) is 9.90 Å². The van der Waals surface area contributed by atoms with E-state index in [1.54, 1.807) is 30.2 Å². The molecule has 0 amide bonds. The number of carbonyl (C=O) groups excluding carboxylic acids is 1. The third-order valence-corrected chi connectivity index (χ3v) is 4.80. The standard InChI is InChI=1S/C21H23ClN2O3/c22-18-2-1-3-19(14-18)24-11-9-23(10-12-24)15-20(26)16-27-21-6-4-17(5-7-21)8-13-25/h1-8,14,20,26H,9-12,15-16H2. The van der Waals surface area contributed by atoms with E-state index in [0.717, 1.165) is 42.5 Å². The van der Waals surface area contributed by atoms with E-state index in [0.29, 0.717) is 12.3 Å². The Hall–Kier alpha value is -2.30. The SMILES string of the molecule is O=C=Cc1ccc(OCC(O)CN2CCN(c3cccc(Cl)c3)CC2)cc1. The van der Waals surface area contributed by atoms with Crippen molar-refractivity contribution in [2.45, 2.75) is 6.10 Å². The third-order valence-electron chi connectivity index (χ3n) is 4.56. The molecular formula is C21H23ClN2O3. The van der Waals surface area contributed by atoms with Crippen LogP contribution in [0.4, 0.5) is 5.69 Å². The van der Waals surface area contributed by atoms with Gasteiger partial charge < -0.3 is 14.7 Å². The number of rotatable bonds is 7. The fourth-order valence-corrected chi connectivity index (χ4v) is 3.32. The minimum atomic E-state index is -0.558. The second-order valence-electron chi connectivity index (χ2n) is 6.56. The summed E-state index contributed by atoms with van der Waals surface area (Å²) in [6, 6.07) is 15.0. The van der Waals surface area contributed by atoms with E-state index in [1.807, 2.05) is 18.2 Å². The lowest BCUT2D eigenvalue weighted by molar-refractivity contribution is 0.0663. The smallest absolute Gasteiger partial charge is 0.125 e. The predicted molar refractivity (Wildman–Crippen MR) is 108 cm³/mol. The molecule has 1 atom stereocenters. The molecule has 1 N–H and O–H groups in total. The van der Waals surface area contributed by atoms with E-state index in [4.69, 9.17) is 16.3 Å². The third kappa shape index (κ3) is 5.84. The summed E-state index contributed by atoms with van der Waals surface area (Å²) in [7, 11) is 0. The Morgan fingerprint density at radius 2 is 1.89 bits per heavy atom. The van der Waals surface area contributed by atoms with Gasteiger partial charge in [0.25, 0.3) is 0 Å². The lowest BCUT2D eigenvalue weighted by Crippen LogP contribution is -2.49. The first-order chi connectivity index (χ1) is 13.1. The van der Waals surface area contributed by atoms with Gasteiger partial charge in [-0.2, -0.15) is 0 Å². The predicted octanol–water partition coefficient (Wildman–Crippen LogP) is 2.75. The first kappa shape index (κ1) is 19.5. The van der Waals surface area contributed by atoms with Gasteiger partial charge in [0.15, 0.2) is 0 Å². The van der Waals surface area contributed by atoms with Gasteiger partial charge in [-0.15, -0.1) is 0 Å². The molecule has 6 heteroatoms. The Morgan fingerprint density at radius 3 is 2.56 bits per heavy atom. The highest BCUT2D eigenvalue weighted by Gasteiger charge is 2.20. The molecule has 0 aliphatic carbocycles. The summed E-state index contributed by atoms with van der Waals surface area (Å²) in [4.78, 5) is 14.9. The zero-order chi connectivity index (χ0) is 19.1. The van der Waals surface area contributed by atoms with Gasteiger partial charge in [0, 0.05) is 49.5 Å². The van der Waals surface area contributed by atoms with Gasteiger partial charge in [-0.25, -0.2) is 4.79 Å². The number of hydrogen-bond donors (Lipinski definition) is 1. The molecule has 2 aromatic carbocycles. The molecule has 0 spiro atoms. The number of benzene rings is 2. The van der Waals surface area contributed by atoms with Crippen LogP contribution in [0.15, 0.2) is 48.5 Å². The molecule has 0 aromatic heterocycles. The van der Waals surface area contributed by atoms with Crippen molar-refractivity contribution in [3.63, 3.8) is 0 Å². The van der Waals surface area contributed by atoms with Crippen molar-refractivity contribution < 1.29 is 14.6 Å². The molecule has 0 saturated carbocycles. The number of nitrogens with zero attached hydrogens (tertiary/aromatic N) is 2. The molecule has 142 valence electrons. The van der Waals surface area contributed by atoms with E-state index >= 15 is 0 Å². The van der Waals surface area contributed by atoms with Gasteiger partial charge in [-0.05, 0) is 35.9 Å². The fraction of sp³-hybridized carbons (Fsp3) is 0.333. The van der Waals surface area contributed by atoms with Crippen LogP contribution in [-0.4, -0.2) is 61.4 Å². The summed E-state index contributed by atoms with van der Waals surface area (Å²) in [6.07, 6.45) is 0.805. The monoisotopic (exact) mass is 386 g/mol. The molecule has 1 heterocycles. The molecule has 3 rings (SSSR count). The van der Waals surface area contributed by atoms with Crippen LogP contribution in [0.3, 0.4) is 0 Å². The van der Waals surface area contributed by atoms with Crippen LogP contribution in [-0.2, 0) is 4.79 Å². The number of ether oxygens (including phenoxy) is 1. The lowest BCUT2D eigenvalue weighted by atomic mass is 10.2. The summed E-state index contributed by atoms with van der Waals surface area (Å²) in [5.41, 5.74) is 1.91. The maximum Gasteiger partial charge on any atom is 0.125 e. The molecule has 1 saturated heterocycles. The Kier molecular flexibility index (Phi) is 6.91. The minimum Gasteiger partial charge on any atom is -0.491 e. The zero-order valence-corrected chi connectivity index (χ0v) is 15.8. The highest BCUT2D eigenvalue weighted by atomic mass is 35.5. The number of aliphatic hydroxyl groups excluding tert-OH is 1. The van der Waals surface area contributed by atoms with Crippen LogP contribution in [0.25, 0.3) is 6.08 Å². The Bertz CT molecular complexity index is 782.